The lowest BCUT2D eigenvalue weighted by Gasteiger charge is -1.99. The first kappa shape index (κ1) is 11.9. The average molecular weight is 248 g/mol. The number of amides is 1. The van der Waals surface area contributed by atoms with Crippen molar-refractivity contribution in [3.8, 4) is 0 Å². The van der Waals surface area contributed by atoms with E-state index < -0.39 is 0 Å². The van der Waals surface area contributed by atoms with E-state index in [1.165, 1.54) is 12.3 Å². The van der Waals surface area contributed by atoms with Crippen molar-refractivity contribution in [3.05, 3.63) is 46.3 Å². The van der Waals surface area contributed by atoms with E-state index in [9.17, 15) is 9.59 Å². The standard InChI is InChI=1S/C11H12N4O3/c1-7(9-3-2-4-18-9)12-14-10(16)5-8-6-11(17)15-13-8/h2-4,6H,5H2,1H3,(H,14,16)(H2,13,15,17)/b12-7+. The number of H-pyrrole nitrogens is 2. The summed E-state index contributed by atoms with van der Waals surface area (Å²) in [5, 5.41) is 8.83. The maximum atomic E-state index is 11.5. The molecule has 0 saturated heterocycles. The molecule has 0 aliphatic carbocycles. The highest BCUT2D eigenvalue weighted by atomic mass is 16.3. The minimum absolute atomic E-state index is 0.0493. The Labute approximate surface area is 102 Å². The second kappa shape index (κ2) is 5.17. The normalized spacial score (nSPS) is 11.5. The Morgan fingerprint density at radius 2 is 2.33 bits per heavy atom. The van der Waals surface area contributed by atoms with Crippen LogP contribution in [0.25, 0.3) is 0 Å². The van der Waals surface area contributed by atoms with Crippen molar-refractivity contribution in [2.45, 2.75) is 13.3 Å². The number of carbonyl (C=O) groups is 1. The van der Waals surface area contributed by atoms with Gasteiger partial charge in [0.1, 0.15) is 11.5 Å². The zero-order valence-electron chi connectivity index (χ0n) is 9.69. The minimum Gasteiger partial charge on any atom is -0.463 e. The molecule has 1 amide bonds. The van der Waals surface area contributed by atoms with Crippen LogP contribution in [0.2, 0.25) is 0 Å². The number of aromatic nitrogens is 2. The van der Waals surface area contributed by atoms with Crippen molar-refractivity contribution in [1.29, 1.82) is 0 Å². The molecule has 7 heteroatoms. The van der Waals surface area contributed by atoms with Crippen LogP contribution in [0.15, 0.2) is 38.8 Å². The number of rotatable bonds is 4. The zero-order chi connectivity index (χ0) is 13.0. The maximum absolute atomic E-state index is 11.5. The molecule has 94 valence electrons. The topological polar surface area (TPSA) is 103 Å². The molecule has 0 fully saturated rings. The van der Waals surface area contributed by atoms with E-state index in [2.05, 4.69) is 20.7 Å². The second-order valence-electron chi connectivity index (χ2n) is 3.67. The highest BCUT2D eigenvalue weighted by Gasteiger charge is 2.05. The Kier molecular flexibility index (Phi) is 3.42. The van der Waals surface area contributed by atoms with Gasteiger partial charge in [0.2, 0.25) is 5.91 Å². The van der Waals surface area contributed by atoms with Gasteiger partial charge in [0, 0.05) is 11.8 Å². The predicted octanol–water partition coefficient (Wildman–Crippen LogP) is 0.379. The first-order valence-electron chi connectivity index (χ1n) is 5.29. The SMILES string of the molecule is C/C(=N\NC(=O)Cc1cc(=O)[nH][nH]1)c1ccco1. The number of aromatic amines is 2. The first-order chi connectivity index (χ1) is 8.65. The molecule has 2 rings (SSSR count). The summed E-state index contributed by atoms with van der Waals surface area (Å²) in [6.07, 6.45) is 1.58. The van der Waals surface area contributed by atoms with Crippen molar-refractivity contribution in [1.82, 2.24) is 15.6 Å². The van der Waals surface area contributed by atoms with Gasteiger partial charge in [-0.3, -0.25) is 14.7 Å². The highest BCUT2D eigenvalue weighted by Crippen LogP contribution is 2.01. The number of hydrazone groups is 1. The molecule has 0 atom stereocenters. The summed E-state index contributed by atoms with van der Waals surface area (Å²) in [4.78, 5) is 22.3. The molecule has 0 spiro atoms. The lowest BCUT2D eigenvalue weighted by molar-refractivity contribution is -0.120. The molecule has 0 bridgehead atoms. The van der Waals surface area contributed by atoms with Crippen molar-refractivity contribution < 1.29 is 9.21 Å². The van der Waals surface area contributed by atoms with Crippen LogP contribution < -0.4 is 11.0 Å². The Balaban J connectivity index is 1.92. The summed E-state index contributed by atoms with van der Waals surface area (Å²) in [6, 6.07) is 4.80. The summed E-state index contributed by atoms with van der Waals surface area (Å²) in [5.41, 5.74) is 3.18. The van der Waals surface area contributed by atoms with Crippen molar-refractivity contribution in [3.63, 3.8) is 0 Å². The van der Waals surface area contributed by atoms with Crippen LogP contribution in [0, 0.1) is 0 Å². The van der Waals surface area contributed by atoms with Gasteiger partial charge in [-0.25, -0.2) is 5.43 Å². The van der Waals surface area contributed by atoms with Crippen LogP contribution in [0.4, 0.5) is 0 Å². The number of hydrogen-bond acceptors (Lipinski definition) is 4. The molecule has 18 heavy (non-hydrogen) atoms. The molecule has 2 heterocycles. The molecular weight excluding hydrogens is 236 g/mol. The van der Waals surface area contributed by atoms with Gasteiger partial charge >= 0.3 is 0 Å². The summed E-state index contributed by atoms with van der Waals surface area (Å²) in [5.74, 6) is 0.265. The van der Waals surface area contributed by atoms with Gasteiger partial charge in [-0.15, -0.1) is 0 Å². The van der Waals surface area contributed by atoms with Gasteiger partial charge in [0.05, 0.1) is 12.7 Å². The monoisotopic (exact) mass is 248 g/mol. The fraction of sp³-hybridized carbons (Fsp3) is 0.182. The number of nitrogens with zero attached hydrogens (tertiary/aromatic N) is 1. The van der Waals surface area contributed by atoms with Gasteiger partial charge in [0.25, 0.3) is 5.56 Å². The van der Waals surface area contributed by atoms with Crippen molar-refractivity contribution in [2.75, 3.05) is 0 Å². The maximum Gasteiger partial charge on any atom is 0.264 e. The lowest BCUT2D eigenvalue weighted by atomic mass is 10.3. The summed E-state index contributed by atoms with van der Waals surface area (Å²) in [7, 11) is 0. The first-order valence-corrected chi connectivity index (χ1v) is 5.29. The van der Waals surface area contributed by atoms with Gasteiger partial charge in [-0.2, -0.15) is 5.10 Å². The van der Waals surface area contributed by atoms with E-state index in [0.29, 0.717) is 17.2 Å². The lowest BCUT2D eigenvalue weighted by Crippen LogP contribution is -2.21. The zero-order valence-corrected chi connectivity index (χ0v) is 9.69. The molecule has 0 aromatic carbocycles. The Morgan fingerprint density at radius 3 is 2.94 bits per heavy atom. The third-order valence-corrected chi connectivity index (χ3v) is 2.23. The molecule has 0 unspecified atom stereocenters. The van der Waals surface area contributed by atoms with Crippen LogP contribution in [-0.4, -0.2) is 21.8 Å². The largest absolute Gasteiger partial charge is 0.463 e. The predicted molar refractivity (Wildman–Crippen MR) is 64.2 cm³/mol. The molecule has 2 aromatic rings. The number of nitrogens with one attached hydrogen (secondary N) is 3. The van der Waals surface area contributed by atoms with Crippen LogP contribution in [0.1, 0.15) is 18.4 Å². The molecule has 7 nitrogen and oxygen atoms in total. The van der Waals surface area contributed by atoms with E-state index in [4.69, 9.17) is 4.42 Å². The second-order valence-corrected chi connectivity index (χ2v) is 3.67. The van der Waals surface area contributed by atoms with E-state index in [1.54, 1.807) is 19.1 Å². The molecule has 0 aliphatic heterocycles. The van der Waals surface area contributed by atoms with Crippen LogP contribution in [0.3, 0.4) is 0 Å². The number of furan rings is 1. The van der Waals surface area contributed by atoms with Gasteiger partial charge in [-0.1, -0.05) is 0 Å². The quantitative estimate of drug-likeness (QED) is 0.538. The van der Waals surface area contributed by atoms with Crippen LogP contribution in [0.5, 0.6) is 0 Å². The molecule has 3 N–H and O–H groups in total. The van der Waals surface area contributed by atoms with Gasteiger partial charge in [-0.05, 0) is 19.1 Å². The Hall–Kier alpha value is -2.57. The fourth-order valence-electron chi connectivity index (χ4n) is 1.37. The van der Waals surface area contributed by atoms with Gasteiger partial charge in [0.15, 0.2) is 0 Å². The number of carbonyl (C=O) groups excluding carboxylic acids is 1. The molecular formula is C11H12N4O3. The van der Waals surface area contributed by atoms with Crippen molar-refractivity contribution >= 4 is 11.6 Å². The van der Waals surface area contributed by atoms with Crippen LogP contribution >= 0.6 is 0 Å². The van der Waals surface area contributed by atoms with Crippen LogP contribution in [-0.2, 0) is 11.2 Å². The molecule has 2 aromatic heterocycles. The van der Waals surface area contributed by atoms with E-state index in [0.717, 1.165) is 0 Å². The third kappa shape index (κ3) is 2.97. The highest BCUT2D eigenvalue weighted by molar-refractivity contribution is 5.96. The Bertz CT molecular complexity index is 606. The summed E-state index contributed by atoms with van der Waals surface area (Å²) in [6.45, 7) is 1.72. The summed E-state index contributed by atoms with van der Waals surface area (Å²) >= 11 is 0. The fourth-order valence-corrected chi connectivity index (χ4v) is 1.37. The minimum atomic E-state index is -0.323. The summed E-state index contributed by atoms with van der Waals surface area (Å²) < 4.78 is 5.11. The number of hydrogen-bond donors (Lipinski definition) is 3. The smallest absolute Gasteiger partial charge is 0.264 e. The average Bonchev–Trinajstić information content (AvgIpc) is 2.97. The third-order valence-electron chi connectivity index (χ3n) is 2.23. The molecule has 0 aliphatic rings. The van der Waals surface area contributed by atoms with E-state index >= 15 is 0 Å². The van der Waals surface area contributed by atoms with Gasteiger partial charge < -0.3 is 9.52 Å². The molecule has 0 saturated carbocycles. The van der Waals surface area contributed by atoms with E-state index in [1.807, 2.05) is 0 Å². The van der Waals surface area contributed by atoms with E-state index in [-0.39, 0.29) is 17.9 Å². The molecule has 0 radical (unpaired) electrons. The Morgan fingerprint density at radius 1 is 1.50 bits per heavy atom. The van der Waals surface area contributed by atoms with Crippen molar-refractivity contribution in [2.24, 2.45) is 5.10 Å².